The topological polar surface area (TPSA) is 296 Å². The summed E-state index contributed by atoms with van der Waals surface area (Å²) in [7, 11) is 0. The molecular weight excluding hydrogens is 844 g/mol. The maximum Gasteiger partial charge on any atom is 0.200 e. The highest BCUT2D eigenvalue weighted by atomic mass is 16.8. The highest BCUT2D eigenvalue weighted by Crippen LogP contribution is 2.71. The van der Waals surface area contributed by atoms with Gasteiger partial charge < -0.3 is 94.1 Å². The van der Waals surface area contributed by atoms with Crippen molar-refractivity contribution in [2.24, 2.45) is 52.3 Å². The lowest BCUT2D eigenvalue weighted by atomic mass is 9.44. The van der Waals surface area contributed by atoms with Crippen molar-refractivity contribution in [2.45, 2.75) is 208 Å². The summed E-state index contributed by atoms with van der Waals surface area (Å²) in [6.07, 6.45) is -18.3. The van der Waals surface area contributed by atoms with Crippen LogP contribution in [0.1, 0.15) is 86.0 Å². The average Bonchev–Trinajstić information content (AvgIpc) is 3.74. The lowest BCUT2D eigenvalue weighted by Gasteiger charge is -2.61. The van der Waals surface area contributed by atoms with E-state index in [0.717, 1.165) is 38.5 Å². The van der Waals surface area contributed by atoms with Crippen LogP contribution in [0.3, 0.4) is 0 Å². The molecule has 0 unspecified atom stereocenters. The lowest BCUT2D eigenvalue weighted by molar-refractivity contribution is -0.390. The monoisotopic (exact) mass is 918 g/mol. The van der Waals surface area contributed by atoms with Crippen molar-refractivity contribution in [3.05, 3.63) is 0 Å². The summed E-state index contributed by atoms with van der Waals surface area (Å²) in [4.78, 5) is 0. The Hall–Kier alpha value is -0.760. The Balaban J connectivity index is 0.900. The first-order chi connectivity index (χ1) is 30.3. The van der Waals surface area contributed by atoms with Crippen LogP contribution in [0.4, 0.5) is 0 Å². The molecule has 0 aromatic rings. The molecule has 5 heterocycles. The van der Waals surface area contributed by atoms with E-state index in [0.29, 0.717) is 43.1 Å². The molecule has 0 radical (unpaired) electrons. The normalized spacial score (nSPS) is 59.8. The minimum atomic E-state index is -1.83. The third kappa shape index (κ3) is 7.58. The summed E-state index contributed by atoms with van der Waals surface area (Å²) >= 11 is 0. The predicted octanol–water partition coefficient (Wildman–Crippen LogP) is -1.76. The number of aliphatic hydroxyl groups is 11. The van der Waals surface area contributed by atoms with E-state index in [1.807, 2.05) is 6.92 Å². The molecule has 0 bridgehead atoms. The van der Waals surface area contributed by atoms with Crippen molar-refractivity contribution in [1.82, 2.24) is 0 Å². The first-order valence-corrected chi connectivity index (χ1v) is 23.9. The van der Waals surface area contributed by atoms with Crippen molar-refractivity contribution < 1.29 is 94.1 Å². The molecule has 4 saturated carbocycles. The van der Waals surface area contributed by atoms with E-state index in [1.165, 1.54) is 6.92 Å². The minimum absolute atomic E-state index is 0.00130. The van der Waals surface area contributed by atoms with Crippen LogP contribution in [-0.2, 0) is 37.9 Å². The van der Waals surface area contributed by atoms with Gasteiger partial charge in [0, 0.05) is 11.8 Å². The highest BCUT2D eigenvalue weighted by Gasteiger charge is 2.72. The van der Waals surface area contributed by atoms with Gasteiger partial charge in [0.05, 0.1) is 44.2 Å². The van der Waals surface area contributed by atoms with E-state index in [1.54, 1.807) is 0 Å². The van der Waals surface area contributed by atoms with Crippen molar-refractivity contribution in [1.29, 1.82) is 0 Å². The maximum absolute atomic E-state index is 12.0. The van der Waals surface area contributed by atoms with Gasteiger partial charge in [-0.15, -0.1) is 0 Å². The van der Waals surface area contributed by atoms with Crippen molar-refractivity contribution in [3.63, 3.8) is 0 Å². The number of aliphatic hydroxyl groups excluding tert-OH is 11. The van der Waals surface area contributed by atoms with Gasteiger partial charge in [-0.25, -0.2) is 0 Å². The molecule has 5 saturated heterocycles. The van der Waals surface area contributed by atoms with Gasteiger partial charge in [0.15, 0.2) is 24.7 Å². The van der Waals surface area contributed by atoms with Crippen molar-refractivity contribution >= 4 is 0 Å². The average molecular weight is 919 g/mol. The Labute approximate surface area is 373 Å². The summed E-state index contributed by atoms with van der Waals surface area (Å²) in [6, 6.07) is 0. The van der Waals surface area contributed by atoms with Crippen LogP contribution in [0.25, 0.3) is 0 Å². The van der Waals surface area contributed by atoms with Gasteiger partial charge in [0.25, 0.3) is 0 Å². The van der Waals surface area contributed by atoms with Gasteiger partial charge in [-0.1, -0.05) is 27.7 Å². The zero-order valence-corrected chi connectivity index (χ0v) is 37.5. The van der Waals surface area contributed by atoms with Gasteiger partial charge in [-0.05, 0) is 98.7 Å². The fraction of sp³-hybridized carbons (Fsp3) is 1.00. The lowest BCUT2D eigenvalue weighted by Crippen LogP contribution is -2.67. The fourth-order valence-electron chi connectivity index (χ4n) is 14.7. The van der Waals surface area contributed by atoms with Crippen LogP contribution in [0.2, 0.25) is 0 Å². The number of ether oxygens (including phenoxy) is 8. The first kappa shape index (κ1) is 48.3. The van der Waals surface area contributed by atoms with E-state index < -0.39 is 123 Å². The van der Waals surface area contributed by atoms with Crippen molar-refractivity contribution in [3.8, 4) is 0 Å². The molecule has 64 heavy (non-hydrogen) atoms. The number of hydrogen-bond acceptors (Lipinski definition) is 19. The van der Waals surface area contributed by atoms with E-state index in [2.05, 4.69) is 20.8 Å². The molecule has 0 aromatic heterocycles. The molecule has 9 rings (SSSR count). The Morgan fingerprint density at radius 2 is 1.22 bits per heavy atom. The van der Waals surface area contributed by atoms with E-state index in [4.69, 9.17) is 37.9 Å². The van der Waals surface area contributed by atoms with Crippen LogP contribution in [0.15, 0.2) is 0 Å². The van der Waals surface area contributed by atoms with Crippen LogP contribution >= 0.6 is 0 Å². The Morgan fingerprint density at radius 3 is 1.92 bits per heavy atom. The van der Waals surface area contributed by atoms with E-state index >= 15 is 0 Å². The third-order valence-electron chi connectivity index (χ3n) is 18.5. The molecule has 0 amide bonds. The molecule has 0 aromatic carbocycles. The van der Waals surface area contributed by atoms with Gasteiger partial charge in [0.1, 0.15) is 73.2 Å². The van der Waals surface area contributed by atoms with Crippen LogP contribution in [0.5, 0.6) is 0 Å². The van der Waals surface area contributed by atoms with Gasteiger partial charge in [-0.2, -0.15) is 0 Å². The largest absolute Gasteiger partial charge is 0.394 e. The quantitative estimate of drug-likeness (QED) is 0.120. The Bertz CT molecular complexity index is 1630. The fourth-order valence-corrected chi connectivity index (χ4v) is 14.7. The van der Waals surface area contributed by atoms with E-state index in [-0.39, 0.29) is 40.8 Å². The van der Waals surface area contributed by atoms with Crippen molar-refractivity contribution in [2.75, 3.05) is 19.8 Å². The summed E-state index contributed by atoms with van der Waals surface area (Å²) < 4.78 is 49.5. The summed E-state index contributed by atoms with van der Waals surface area (Å²) in [5.41, 5.74) is 0.0189. The molecular formula is C45H74O19. The first-order valence-electron chi connectivity index (χ1n) is 23.9. The molecule has 1 spiro atoms. The second-order valence-corrected chi connectivity index (χ2v) is 21.7. The standard InChI is InChI=1S/C45H74O19/c1-17-16-57-45(39(56)29(17)48)18(2)28-25(64-45)13-24-22-7-6-20-12-21(8-10-43(20,4)23(22)9-11-44(24,28)5)59-42-38(63-40-34(53)32(51)30(49)19(3)58-40)36(55)37(27(15-47)61-42)62-41-35(54)33(52)31(50)26(14-46)60-41/h17-42,46-56H,6-16H2,1-5H3/t17-,18+,19+,20+,21+,22-,23+,24+,25+,26-,27-,28+,29-,30+,31-,32-,33+,34-,35-,36+,37+,38-,39+,40+,41+,42-,43+,44+,45+/m1/s1. The number of hydrogen-bond donors (Lipinski definition) is 11. The molecule has 19 heteroatoms. The number of rotatable bonds is 8. The SMILES string of the molecule is C[C@@H]1CO[C@@]2(O[C@H]3C[C@H]4[C@@H]5CC[C@H]6C[C@@H](O[C@@H]7O[C@H](CO)[C@H](O[C@@H]8O[C@H](CO)[C@@H](O)[C@H](O)[C@H]8O)[C@H](O)[C@H]7O[C@@H]7O[C@@H](C)[C@H](O)[C@@H](O)[C@H]7O)CC[C@]6(C)[C@H]5CC[C@]4(C)[C@H]3[C@@H]2C)[C@@H](O)[C@@H]1O. The van der Waals surface area contributed by atoms with Crippen LogP contribution in [-0.4, -0.2) is 198 Å². The van der Waals surface area contributed by atoms with Gasteiger partial charge in [-0.3, -0.25) is 0 Å². The van der Waals surface area contributed by atoms with Crippen LogP contribution < -0.4 is 0 Å². The smallest absolute Gasteiger partial charge is 0.200 e. The molecule has 4 aliphatic carbocycles. The molecule has 19 nitrogen and oxygen atoms in total. The second kappa shape index (κ2) is 17.9. The molecule has 368 valence electrons. The Morgan fingerprint density at radius 1 is 0.578 bits per heavy atom. The zero-order chi connectivity index (χ0) is 45.9. The zero-order valence-electron chi connectivity index (χ0n) is 37.5. The predicted molar refractivity (Wildman–Crippen MR) is 217 cm³/mol. The Kier molecular flexibility index (Phi) is 13.5. The number of fused-ring (bicyclic) bond motifs is 7. The third-order valence-corrected chi connectivity index (χ3v) is 18.5. The van der Waals surface area contributed by atoms with E-state index in [9.17, 15) is 56.2 Å². The second-order valence-electron chi connectivity index (χ2n) is 21.7. The highest BCUT2D eigenvalue weighted by molar-refractivity contribution is 5.17. The molecule has 9 aliphatic rings. The van der Waals surface area contributed by atoms with Gasteiger partial charge in [0.2, 0.25) is 0 Å². The minimum Gasteiger partial charge on any atom is -0.394 e. The van der Waals surface area contributed by atoms with Gasteiger partial charge >= 0.3 is 0 Å². The molecule has 29 atom stereocenters. The van der Waals surface area contributed by atoms with Crippen LogP contribution in [0, 0.1) is 52.3 Å². The molecule has 11 N–H and O–H groups in total. The summed E-state index contributed by atoms with van der Waals surface area (Å²) in [5, 5.41) is 118. The molecule has 5 aliphatic heterocycles. The molecule has 9 fully saturated rings. The summed E-state index contributed by atoms with van der Waals surface area (Å²) in [6.45, 7) is 9.25. The maximum atomic E-state index is 12.0. The summed E-state index contributed by atoms with van der Waals surface area (Å²) in [5.74, 6) is 0.461.